The second-order valence-electron chi connectivity index (χ2n) is 7.26. The van der Waals surface area contributed by atoms with Crippen LogP contribution < -0.4 is 4.72 Å². The van der Waals surface area contributed by atoms with Crippen LogP contribution in [-0.4, -0.2) is 32.4 Å². The van der Waals surface area contributed by atoms with E-state index in [0.717, 1.165) is 12.1 Å². The van der Waals surface area contributed by atoms with Gasteiger partial charge in [0.05, 0.1) is 11.3 Å². The fourth-order valence-electron chi connectivity index (χ4n) is 3.45. The Balaban J connectivity index is 1.51. The highest BCUT2D eigenvalue weighted by atomic mass is 32.2. The minimum absolute atomic E-state index is 0.244. The number of sulfonamides is 1. The van der Waals surface area contributed by atoms with Gasteiger partial charge < -0.3 is 0 Å². The van der Waals surface area contributed by atoms with Gasteiger partial charge in [-0.2, -0.15) is 13.2 Å². The summed E-state index contributed by atoms with van der Waals surface area (Å²) in [5.74, 6) is -0.782. The van der Waals surface area contributed by atoms with Crippen LogP contribution in [0.2, 0.25) is 0 Å². The number of nitrogens with one attached hydrogen (secondary N) is 1. The highest BCUT2D eigenvalue weighted by Gasteiger charge is 2.30. The average Bonchev–Trinajstić information content (AvgIpc) is 2.62. The van der Waals surface area contributed by atoms with E-state index in [1.165, 1.54) is 24.3 Å². The highest BCUT2D eigenvalue weighted by molar-refractivity contribution is 7.88. The van der Waals surface area contributed by atoms with Crippen LogP contribution >= 0.6 is 0 Å². The molecule has 1 saturated heterocycles. The number of piperidine rings is 1. The van der Waals surface area contributed by atoms with Gasteiger partial charge in [-0.3, -0.25) is 4.90 Å². The first-order chi connectivity index (χ1) is 13.6. The van der Waals surface area contributed by atoms with Crippen LogP contribution in [0, 0.1) is 5.82 Å². The van der Waals surface area contributed by atoms with Crippen molar-refractivity contribution in [3.05, 3.63) is 71.0 Å². The van der Waals surface area contributed by atoms with E-state index in [0.29, 0.717) is 43.6 Å². The molecule has 1 N–H and O–H groups in total. The van der Waals surface area contributed by atoms with Crippen LogP contribution in [0.5, 0.6) is 0 Å². The Morgan fingerprint density at radius 2 is 1.66 bits per heavy atom. The van der Waals surface area contributed by atoms with Gasteiger partial charge in [-0.15, -0.1) is 0 Å². The lowest BCUT2D eigenvalue weighted by Gasteiger charge is -2.32. The Labute approximate surface area is 167 Å². The second-order valence-corrected chi connectivity index (χ2v) is 9.01. The lowest BCUT2D eigenvalue weighted by molar-refractivity contribution is -0.137. The first kappa shape index (κ1) is 21.7. The van der Waals surface area contributed by atoms with Gasteiger partial charge in [0.25, 0.3) is 0 Å². The standard InChI is InChI=1S/C20H22F4N2O2S/c21-18-6-2-4-16(12-18)14-29(27,28)25-19-7-9-26(10-8-19)13-15-3-1-5-17(11-15)20(22,23)24/h1-6,11-12,19,25H,7-10,13-14H2. The molecule has 4 nitrogen and oxygen atoms in total. The number of nitrogens with zero attached hydrogens (tertiary/aromatic N) is 1. The lowest BCUT2D eigenvalue weighted by atomic mass is 10.0. The van der Waals surface area contributed by atoms with E-state index in [9.17, 15) is 26.0 Å². The zero-order chi connectivity index (χ0) is 21.1. The smallest absolute Gasteiger partial charge is 0.299 e. The molecule has 0 atom stereocenters. The molecule has 0 bridgehead atoms. The van der Waals surface area contributed by atoms with Crippen molar-refractivity contribution in [1.82, 2.24) is 9.62 Å². The molecule has 0 aromatic heterocycles. The van der Waals surface area contributed by atoms with Crippen molar-refractivity contribution >= 4 is 10.0 Å². The third kappa shape index (κ3) is 6.52. The fourth-order valence-corrected chi connectivity index (χ4v) is 4.90. The second kappa shape index (κ2) is 8.81. The number of rotatable bonds is 6. The summed E-state index contributed by atoms with van der Waals surface area (Å²) in [6, 6.07) is 10.5. The maximum Gasteiger partial charge on any atom is 0.416 e. The molecule has 1 fully saturated rings. The molecule has 0 amide bonds. The minimum Gasteiger partial charge on any atom is -0.299 e. The summed E-state index contributed by atoms with van der Waals surface area (Å²) in [5.41, 5.74) is 0.277. The average molecular weight is 430 g/mol. The van der Waals surface area contributed by atoms with Crippen molar-refractivity contribution in [3.8, 4) is 0 Å². The number of likely N-dealkylation sites (tertiary alicyclic amines) is 1. The molecule has 9 heteroatoms. The monoisotopic (exact) mass is 430 g/mol. The molecule has 0 aliphatic carbocycles. The van der Waals surface area contributed by atoms with E-state index in [1.54, 1.807) is 12.1 Å². The Morgan fingerprint density at radius 3 is 2.31 bits per heavy atom. The lowest BCUT2D eigenvalue weighted by Crippen LogP contribution is -2.44. The Hall–Kier alpha value is -1.97. The quantitative estimate of drug-likeness (QED) is 0.707. The molecule has 1 heterocycles. The Morgan fingerprint density at radius 1 is 1.00 bits per heavy atom. The van der Waals surface area contributed by atoms with Crippen molar-refractivity contribution in [2.75, 3.05) is 13.1 Å². The van der Waals surface area contributed by atoms with Gasteiger partial charge in [-0.1, -0.05) is 30.3 Å². The molecule has 1 aliphatic rings. The van der Waals surface area contributed by atoms with Gasteiger partial charge in [-0.05, 0) is 42.2 Å². The van der Waals surface area contributed by atoms with Crippen molar-refractivity contribution < 1.29 is 26.0 Å². The van der Waals surface area contributed by atoms with Crippen LogP contribution in [0.1, 0.15) is 29.5 Å². The third-order valence-corrected chi connectivity index (χ3v) is 6.25. The number of hydrogen-bond acceptors (Lipinski definition) is 3. The fraction of sp³-hybridized carbons (Fsp3) is 0.400. The molecule has 0 saturated carbocycles. The van der Waals surface area contributed by atoms with E-state index in [2.05, 4.69) is 4.72 Å². The van der Waals surface area contributed by atoms with Crippen LogP contribution in [0.25, 0.3) is 0 Å². The summed E-state index contributed by atoms with van der Waals surface area (Å²) in [6.07, 6.45) is -3.26. The zero-order valence-electron chi connectivity index (χ0n) is 15.6. The SMILES string of the molecule is O=S(=O)(Cc1cccc(F)c1)NC1CCN(Cc2cccc(C(F)(F)F)c2)CC1. The van der Waals surface area contributed by atoms with Crippen molar-refractivity contribution in [3.63, 3.8) is 0 Å². The summed E-state index contributed by atoms with van der Waals surface area (Å²) in [5, 5.41) is 0. The Kier molecular flexibility index (Phi) is 6.60. The molecule has 1 aliphatic heterocycles. The van der Waals surface area contributed by atoms with Gasteiger partial charge in [0.2, 0.25) is 10.0 Å². The molecule has 0 spiro atoms. The number of halogens is 4. The summed E-state index contributed by atoms with van der Waals surface area (Å²) >= 11 is 0. The first-order valence-corrected chi connectivity index (χ1v) is 10.9. The van der Waals surface area contributed by atoms with Crippen LogP contribution in [0.15, 0.2) is 48.5 Å². The number of benzene rings is 2. The van der Waals surface area contributed by atoms with Gasteiger partial charge in [-0.25, -0.2) is 17.5 Å². The number of hydrogen-bond donors (Lipinski definition) is 1. The van der Waals surface area contributed by atoms with E-state index in [4.69, 9.17) is 0 Å². The van der Waals surface area contributed by atoms with Gasteiger partial charge in [0.15, 0.2) is 0 Å². The van der Waals surface area contributed by atoms with Crippen molar-refractivity contribution in [2.45, 2.75) is 37.4 Å². The van der Waals surface area contributed by atoms with Crippen LogP contribution in [0.4, 0.5) is 17.6 Å². The molecular weight excluding hydrogens is 408 g/mol. The van der Waals surface area contributed by atoms with E-state index in [1.807, 2.05) is 4.90 Å². The normalized spacial score (nSPS) is 16.8. The Bertz CT molecular complexity index is 939. The predicted octanol–water partition coefficient (Wildman–Crippen LogP) is 3.93. The van der Waals surface area contributed by atoms with Gasteiger partial charge >= 0.3 is 6.18 Å². The van der Waals surface area contributed by atoms with Crippen molar-refractivity contribution in [1.29, 1.82) is 0 Å². The predicted molar refractivity (Wildman–Crippen MR) is 102 cm³/mol. The molecule has 0 unspecified atom stereocenters. The maximum atomic E-state index is 13.2. The van der Waals surface area contributed by atoms with E-state index < -0.39 is 27.6 Å². The molecule has 158 valence electrons. The van der Waals surface area contributed by atoms with E-state index in [-0.39, 0.29) is 11.8 Å². The summed E-state index contributed by atoms with van der Waals surface area (Å²) < 4.78 is 79.0. The van der Waals surface area contributed by atoms with Crippen molar-refractivity contribution in [2.24, 2.45) is 0 Å². The van der Waals surface area contributed by atoms with Crippen LogP contribution in [0.3, 0.4) is 0 Å². The summed E-state index contributed by atoms with van der Waals surface area (Å²) in [7, 11) is -3.61. The zero-order valence-corrected chi connectivity index (χ0v) is 16.4. The van der Waals surface area contributed by atoms with Gasteiger partial charge in [0, 0.05) is 25.7 Å². The third-order valence-electron chi connectivity index (χ3n) is 4.84. The molecule has 2 aromatic carbocycles. The minimum atomic E-state index is -4.37. The summed E-state index contributed by atoms with van der Waals surface area (Å²) in [4.78, 5) is 2.01. The maximum absolute atomic E-state index is 13.2. The topological polar surface area (TPSA) is 49.4 Å². The largest absolute Gasteiger partial charge is 0.416 e. The summed E-state index contributed by atoms with van der Waals surface area (Å²) in [6.45, 7) is 1.53. The van der Waals surface area contributed by atoms with Gasteiger partial charge in [0.1, 0.15) is 5.82 Å². The van der Waals surface area contributed by atoms with Crippen LogP contribution in [-0.2, 0) is 28.5 Å². The first-order valence-electron chi connectivity index (χ1n) is 9.24. The molecule has 3 rings (SSSR count). The molecule has 0 radical (unpaired) electrons. The molecular formula is C20H22F4N2O2S. The van der Waals surface area contributed by atoms with E-state index >= 15 is 0 Å². The molecule has 2 aromatic rings. The molecule has 29 heavy (non-hydrogen) atoms. The highest BCUT2D eigenvalue weighted by Crippen LogP contribution is 2.30. The number of alkyl halides is 3.